The summed E-state index contributed by atoms with van der Waals surface area (Å²) in [6.45, 7) is 6.71. The number of ether oxygens (including phenoxy) is 2. The molecule has 1 unspecified atom stereocenters. The molecule has 1 fully saturated rings. The summed E-state index contributed by atoms with van der Waals surface area (Å²) in [5, 5.41) is 0. The van der Waals surface area contributed by atoms with E-state index in [9.17, 15) is 18.0 Å². The minimum Gasteiger partial charge on any atom is -0.495 e. The van der Waals surface area contributed by atoms with Crippen LogP contribution in [0.25, 0.3) is 0 Å². The number of carbonyl (C=O) groups is 2. The number of benzene rings is 1. The quantitative estimate of drug-likeness (QED) is 0.682. The smallest absolute Gasteiger partial charge is 0.409 e. The monoisotopic (exact) mass is 427 g/mol. The highest BCUT2D eigenvalue weighted by atomic mass is 32.2. The van der Waals surface area contributed by atoms with E-state index in [1.54, 1.807) is 30.9 Å². The van der Waals surface area contributed by atoms with E-state index in [-0.39, 0.29) is 12.5 Å². The van der Waals surface area contributed by atoms with Gasteiger partial charge in [0.15, 0.2) is 0 Å². The van der Waals surface area contributed by atoms with Gasteiger partial charge in [-0.3, -0.25) is 9.10 Å². The van der Waals surface area contributed by atoms with Crippen molar-refractivity contribution in [3.8, 4) is 5.75 Å². The third kappa shape index (κ3) is 5.31. The van der Waals surface area contributed by atoms with Gasteiger partial charge in [-0.25, -0.2) is 13.2 Å². The number of rotatable bonds is 6. The molecule has 1 aliphatic rings. The lowest BCUT2D eigenvalue weighted by atomic mass is 10.1. The van der Waals surface area contributed by atoms with E-state index >= 15 is 0 Å². The molecule has 1 atom stereocenters. The summed E-state index contributed by atoms with van der Waals surface area (Å²) in [7, 11) is -2.31. The zero-order valence-electron chi connectivity index (χ0n) is 17.5. The van der Waals surface area contributed by atoms with Crippen LogP contribution in [-0.2, 0) is 19.6 Å². The SMILES string of the molecule is CCOC(=O)N1CCN(C(=O)C(C)N(c2cc(C)ccc2OC)S(C)(=O)=O)CC1. The lowest BCUT2D eigenvalue weighted by Gasteiger charge is -2.37. The average molecular weight is 428 g/mol. The minimum atomic E-state index is -3.76. The largest absolute Gasteiger partial charge is 0.495 e. The molecule has 2 rings (SSSR count). The molecule has 29 heavy (non-hydrogen) atoms. The Bertz CT molecular complexity index is 850. The molecular weight excluding hydrogens is 398 g/mol. The molecule has 2 amide bonds. The van der Waals surface area contributed by atoms with Crippen molar-refractivity contribution >= 4 is 27.7 Å². The molecule has 0 N–H and O–H groups in total. The second-order valence-electron chi connectivity index (χ2n) is 6.92. The highest BCUT2D eigenvalue weighted by Crippen LogP contribution is 2.33. The van der Waals surface area contributed by atoms with Crippen LogP contribution in [0.2, 0.25) is 0 Å². The van der Waals surface area contributed by atoms with Gasteiger partial charge in [0, 0.05) is 26.2 Å². The summed E-state index contributed by atoms with van der Waals surface area (Å²) < 4.78 is 36.6. The molecular formula is C19H29N3O6S. The first kappa shape index (κ1) is 22.8. The number of aryl methyl sites for hydroxylation is 1. The van der Waals surface area contributed by atoms with Crippen LogP contribution in [0.5, 0.6) is 5.75 Å². The summed E-state index contributed by atoms with van der Waals surface area (Å²) >= 11 is 0. The number of nitrogens with zero attached hydrogens (tertiary/aromatic N) is 3. The third-order valence-corrected chi connectivity index (χ3v) is 5.98. The number of piperazine rings is 1. The normalized spacial score (nSPS) is 15.6. The van der Waals surface area contributed by atoms with Crippen LogP contribution < -0.4 is 9.04 Å². The highest BCUT2D eigenvalue weighted by molar-refractivity contribution is 7.92. The topological polar surface area (TPSA) is 96.5 Å². The molecule has 0 spiro atoms. The van der Waals surface area contributed by atoms with E-state index in [4.69, 9.17) is 9.47 Å². The molecule has 0 saturated carbocycles. The fourth-order valence-corrected chi connectivity index (χ4v) is 4.50. The minimum absolute atomic E-state index is 0.288. The van der Waals surface area contributed by atoms with Crippen molar-refractivity contribution in [2.75, 3.05) is 50.5 Å². The standard InChI is InChI=1S/C19H29N3O6S/c1-6-28-19(24)21-11-9-20(10-12-21)18(23)15(3)22(29(5,25)26)16-13-14(2)7-8-17(16)27-4/h7-8,13,15H,6,9-12H2,1-5H3. The summed E-state index contributed by atoms with van der Waals surface area (Å²) in [4.78, 5) is 28.0. The van der Waals surface area contributed by atoms with E-state index in [1.807, 2.05) is 13.0 Å². The van der Waals surface area contributed by atoms with Gasteiger partial charge in [-0.15, -0.1) is 0 Å². The van der Waals surface area contributed by atoms with Gasteiger partial charge in [0.2, 0.25) is 15.9 Å². The first-order chi connectivity index (χ1) is 13.6. The van der Waals surface area contributed by atoms with E-state index in [1.165, 1.54) is 12.0 Å². The number of methoxy groups -OCH3 is 1. The molecule has 1 aliphatic heterocycles. The number of hydrogen-bond acceptors (Lipinski definition) is 6. The summed E-state index contributed by atoms with van der Waals surface area (Å²) in [6, 6.07) is 4.21. The molecule has 0 radical (unpaired) electrons. The van der Waals surface area contributed by atoms with Gasteiger partial charge in [0.1, 0.15) is 11.8 Å². The number of amides is 2. The van der Waals surface area contributed by atoms with E-state index in [2.05, 4.69) is 0 Å². The first-order valence-corrected chi connectivity index (χ1v) is 11.3. The maximum Gasteiger partial charge on any atom is 0.409 e. The van der Waals surface area contributed by atoms with E-state index < -0.39 is 22.2 Å². The van der Waals surface area contributed by atoms with Crippen LogP contribution in [0.3, 0.4) is 0 Å². The molecule has 1 aromatic rings. The summed E-state index contributed by atoms with van der Waals surface area (Å²) in [6.07, 6.45) is 0.659. The van der Waals surface area contributed by atoms with Crippen LogP contribution in [0.1, 0.15) is 19.4 Å². The van der Waals surface area contributed by atoms with Gasteiger partial charge >= 0.3 is 6.09 Å². The second kappa shape index (κ2) is 9.34. The van der Waals surface area contributed by atoms with Crippen LogP contribution in [0.4, 0.5) is 10.5 Å². The maximum atomic E-state index is 13.1. The average Bonchev–Trinajstić information content (AvgIpc) is 2.67. The van der Waals surface area contributed by atoms with Crippen molar-refractivity contribution in [1.29, 1.82) is 0 Å². The van der Waals surface area contributed by atoms with Crippen LogP contribution in [-0.4, -0.2) is 82.4 Å². The van der Waals surface area contributed by atoms with Crippen molar-refractivity contribution in [2.24, 2.45) is 0 Å². The van der Waals surface area contributed by atoms with Gasteiger partial charge in [-0.1, -0.05) is 6.07 Å². The van der Waals surface area contributed by atoms with Crippen molar-refractivity contribution in [1.82, 2.24) is 9.80 Å². The number of anilines is 1. The van der Waals surface area contributed by atoms with E-state index in [0.29, 0.717) is 37.6 Å². The highest BCUT2D eigenvalue weighted by Gasteiger charge is 2.35. The molecule has 0 aromatic heterocycles. The van der Waals surface area contributed by atoms with Gasteiger partial charge in [-0.2, -0.15) is 0 Å². The Hall–Kier alpha value is -2.49. The Morgan fingerprint density at radius 2 is 1.76 bits per heavy atom. The molecule has 0 bridgehead atoms. The van der Waals surface area contributed by atoms with Gasteiger partial charge < -0.3 is 19.3 Å². The van der Waals surface area contributed by atoms with Crippen molar-refractivity contribution < 1.29 is 27.5 Å². The molecule has 10 heteroatoms. The fraction of sp³-hybridized carbons (Fsp3) is 0.579. The van der Waals surface area contributed by atoms with Crippen molar-refractivity contribution in [3.05, 3.63) is 23.8 Å². The number of carbonyl (C=O) groups excluding carboxylic acids is 2. The third-order valence-electron chi connectivity index (χ3n) is 4.76. The van der Waals surface area contributed by atoms with Crippen LogP contribution in [0, 0.1) is 6.92 Å². The summed E-state index contributed by atoms with van der Waals surface area (Å²) in [5.74, 6) is 0.0373. The Balaban J connectivity index is 2.23. The Morgan fingerprint density at radius 3 is 2.28 bits per heavy atom. The molecule has 9 nitrogen and oxygen atoms in total. The zero-order chi connectivity index (χ0) is 21.8. The van der Waals surface area contributed by atoms with Gasteiger partial charge in [-0.05, 0) is 38.5 Å². The lowest BCUT2D eigenvalue weighted by Crippen LogP contribution is -2.56. The predicted molar refractivity (Wildman–Crippen MR) is 110 cm³/mol. The summed E-state index contributed by atoms with van der Waals surface area (Å²) in [5.41, 5.74) is 1.16. The second-order valence-corrected chi connectivity index (χ2v) is 8.78. The Morgan fingerprint density at radius 1 is 1.17 bits per heavy atom. The number of sulfonamides is 1. The molecule has 1 heterocycles. The lowest BCUT2D eigenvalue weighted by molar-refractivity contribution is -0.133. The predicted octanol–water partition coefficient (Wildman–Crippen LogP) is 1.46. The van der Waals surface area contributed by atoms with Crippen LogP contribution in [0.15, 0.2) is 18.2 Å². The van der Waals surface area contributed by atoms with Gasteiger partial charge in [0.25, 0.3) is 0 Å². The first-order valence-electron chi connectivity index (χ1n) is 9.44. The molecule has 1 saturated heterocycles. The Labute approximate surface area is 172 Å². The molecule has 0 aliphatic carbocycles. The van der Waals surface area contributed by atoms with Crippen molar-refractivity contribution in [3.63, 3.8) is 0 Å². The Kier molecular flexibility index (Phi) is 7.34. The zero-order valence-corrected chi connectivity index (χ0v) is 18.4. The van der Waals surface area contributed by atoms with Crippen molar-refractivity contribution in [2.45, 2.75) is 26.8 Å². The number of hydrogen-bond donors (Lipinski definition) is 0. The van der Waals surface area contributed by atoms with Gasteiger partial charge in [0.05, 0.1) is 25.7 Å². The fourth-order valence-electron chi connectivity index (χ4n) is 3.34. The molecule has 1 aromatic carbocycles. The van der Waals surface area contributed by atoms with E-state index in [0.717, 1.165) is 16.1 Å². The maximum absolute atomic E-state index is 13.1. The molecule has 162 valence electrons. The van der Waals surface area contributed by atoms with Crippen LogP contribution >= 0.6 is 0 Å².